The Morgan fingerprint density at radius 3 is 2.29 bits per heavy atom. The average Bonchev–Trinajstić information content (AvgIpc) is 2.68. The normalized spacial score (nSPS) is 11.1. The summed E-state index contributed by atoms with van der Waals surface area (Å²) in [7, 11) is -4.00. The monoisotopic (exact) mass is 498 g/mol. The van der Waals surface area contributed by atoms with E-state index in [0.717, 1.165) is 0 Å². The fraction of sp³-hybridized carbons (Fsp3) is 0.0952. The zero-order valence-corrected chi connectivity index (χ0v) is 19.2. The maximum atomic E-state index is 12.9. The third kappa shape index (κ3) is 6.04. The molecule has 0 aliphatic rings. The summed E-state index contributed by atoms with van der Waals surface area (Å²) in [6.07, 6.45) is 0. The highest BCUT2D eigenvalue weighted by molar-refractivity contribution is 7.92. The molecule has 0 saturated heterocycles. The van der Waals surface area contributed by atoms with Gasteiger partial charge in [0.15, 0.2) is 0 Å². The van der Waals surface area contributed by atoms with Crippen LogP contribution in [-0.2, 0) is 10.0 Å². The molecule has 0 unspecified atom stereocenters. The zero-order valence-electron chi connectivity index (χ0n) is 16.2. The third-order valence-corrected chi connectivity index (χ3v) is 6.06. The van der Waals surface area contributed by atoms with Gasteiger partial charge < -0.3 is 10.1 Å². The number of halogens is 3. The van der Waals surface area contributed by atoms with Crippen molar-refractivity contribution in [2.24, 2.45) is 0 Å². The summed E-state index contributed by atoms with van der Waals surface area (Å²) in [6.45, 7) is 2.10. The van der Waals surface area contributed by atoms with Crippen LogP contribution in [0.2, 0.25) is 15.1 Å². The minimum absolute atomic E-state index is 0.0894. The van der Waals surface area contributed by atoms with Crippen LogP contribution in [0.4, 0.5) is 11.4 Å². The smallest absolute Gasteiger partial charge is 0.261 e. The predicted octanol–water partition coefficient (Wildman–Crippen LogP) is 6.10. The maximum Gasteiger partial charge on any atom is 0.261 e. The zero-order chi connectivity index (χ0) is 22.6. The molecule has 2 N–H and O–H groups in total. The van der Waals surface area contributed by atoms with E-state index in [-0.39, 0.29) is 26.3 Å². The quantitative estimate of drug-likeness (QED) is 0.411. The fourth-order valence-electron chi connectivity index (χ4n) is 2.71. The van der Waals surface area contributed by atoms with Crippen LogP contribution < -0.4 is 14.8 Å². The Hall–Kier alpha value is -2.45. The molecule has 0 fully saturated rings. The molecule has 3 rings (SSSR count). The second-order valence-corrected chi connectivity index (χ2v) is 9.31. The van der Waals surface area contributed by atoms with E-state index in [0.29, 0.717) is 22.9 Å². The minimum Gasteiger partial charge on any atom is -0.492 e. The van der Waals surface area contributed by atoms with Gasteiger partial charge in [-0.05, 0) is 61.5 Å². The second-order valence-electron chi connectivity index (χ2n) is 6.32. The molecule has 0 atom stereocenters. The van der Waals surface area contributed by atoms with E-state index in [1.54, 1.807) is 25.1 Å². The first-order valence-electron chi connectivity index (χ1n) is 9.00. The number of nitrogens with one attached hydrogen (secondary N) is 2. The van der Waals surface area contributed by atoms with E-state index >= 15 is 0 Å². The van der Waals surface area contributed by atoms with Crippen molar-refractivity contribution in [1.82, 2.24) is 0 Å². The third-order valence-electron chi connectivity index (χ3n) is 4.01. The molecule has 0 aliphatic carbocycles. The van der Waals surface area contributed by atoms with Gasteiger partial charge in [-0.1, -0.05) is 40.9 Å². The second kappa shape index (κ2) is 9.78. The van der Waals surface area contributed by atoms with Gasteiger partial charge in [-0.25, -0.2) is 8.42 Å². The molecule has 3 aromatic rings. The standard InChI is InChI=1S/C21H17Cl3N2O4S/c1-2-30-20-7-6-18(31(28,29)26-17-10-15(23)9-16(24)11-17)12-19(20)25-21(27)13-4-3-5-14(22)8-13/h3-12,26H,2H2,1H3,(H,25,27). The van der Waals surface area contributed by atoms with Gasteiger partial charge in [-0.2, -0.15) is 0 Å². The first kappa shape index (κ1) is 23.2. The molecule has 1 amide bonds. The van der Waals surface area contributed by atoms with Crippen LogP contribution in [0.5, 0.6) is 5.75 Å². The largest absolute Gasteiger partial charge is 0.492 e. The van der Waals surface area contributed by atoms with Crippen molar-refractivity contribution in [3.8, 4) is 5.75 Å². The van der Waals surface area contributed by atoms with E-state index in [4.69, 9.17) is 39.5 Å². The van der Waals surface area contributed by atoms with E-state index in [9.17, 15) is 13.2 Å². The molecule has 6 nitrogen and oxygen atoms in total. The van der Waals surface area contributed by atoms with Gasteiger partial charge in [0, 0.05) is 20.6 Å². The van der Waals surface area contributed by atoms with Gasteiger partial charge in [0.05, 0.1) is 22.9 Å². The number of anilines is 2. The molecule has 162 valence electrons. The Kier molecular flexibility index (Phi) is 7.33. The number of benzene rings is 3. The summed E-state index contributed by atoms with van der Waals surface area (Å²) in [5.74, 6) is -0.143. The van der Waals surface area contributed by atoms with Crippen molar-refractivity contribution in [2.75, 3.05) is 16.6 Å². The highest BCUT2D eigenvalue weighted by atomic mass is 35.5. The van der Waals surface area contributed by atoms with Crippen molar-refractivity contribution in [3.63, 3.8) is 0 Å². The molecule has 0 aromatic heterocycles. The summed E-state index contributed by atoms with van der Waals surface area (Å²) in [4.78, 5) is 12.5. The lowest BCUT2D eigenvalue weighted by Crippen LogP contribution is -2.16. The summed E-state index contributed by atoms with van der Waals surface area (Å²) < 4.78 is 33.7. The van der Waals surface area contributed by atoms with Gasteiger partial charge in [0.25, 0.3) is 15.9 Å². The number of ether oxygens (including phenoxy) is 1. The summed E-state index contributed by atoms with van der Waals surface area (Å²) in [6, 6.07) is 14.9. The van der Waals surface area contributed by atoms with E-state index in [2.05, 4.69) is 10.0 Å². The molecule has 31 heavy (non-hydrogen) atoms. The van der Waals surface area contributed by atoms with Gasteiger partial charge in [0.1, 0.15) is 5.75 Å². The molecular weight excluding hydrogens is 483 g/mol. The van der Waals surface area contributed by atoms with E-state index in [1.807, 2.05) is 0 Å². The van der Waals surface area contributed by atoms with Crippen LogP contribution in [-0.4, -0.2) is 20.9 Å². The predicted molar refractivity (Wildman–Crippen MR) is 124 cm³/mol. The number of rotatable bonds is 7. The molecule has 3 aromatic carbocycles. The lowest BCUT2D eigenvalue weighted by atomic mass is 10.2. The fourth-order valence-corrected chi connectivity index (χ4v) is 4.49. The summed E-state index contributed by atoms with van der Waals surface area (Å²) in [5.41, 5.74) is 0.713. The van der Waals surface area contributed by atoms with Crippen LogP contribution in [0.25, 0.3) is 0 Å². The van der Waals surface area contributed by atoms with Crippen molar-refractivity contribution in [2.45, 2.75) is 11.8 Å². The molecule has 0 aliphatic heterocycles. The van der Waals surface area contributed by atoms with E-state index in [1.165, 1.54) is 42.5 Å². The number of sulfonamides is 1. The Balaban J connectivity index is 1.93. The molecule has 0 bridgehead atoms. The molecule has 0 radical (unpaired) electrons. The first-order valence-corrected chi connectivity index (χ1v) is 11.6. The topological polar surface area (TPSA) is 84.5 Å². The molecule has 0 spiro atoms. The summed E-state index contributed by atoms with van der Waals surface area (Å²) in [5, 5.41) is 3.65. The van der Waals surface area contributed by atoms with Crippen LogP contribution in [0.3, 0.4) is 0 Å². The first-order chi connectivity index (χ1) is 14.7. The van der Waals surface area contributed by atoms with Crippen molar-refractivity contribution in [3.05, 3.63) is 81.3 Å². The number of hydrogen-bond acceptors (Lipinski definition) is 4. The Morgan fingerprint density at radius 1 is 0.935 bits per heavy atom. The van der Waals surface area contributed by atoms with Crippen molar-refractivity contribution < 1.29 is 17.9 Å². The maximum absolute atomic E-state index is 12.9. The SMILES string of the molecule is CCOc1ccc(S(=O)(=O)Nc2cc(Cl)cc(Cl)c2)cc1NC(=O)c1cccc(Cl)c1. The van der Waals surface area contributed by atoms with Crippen molar-refractivity contribution >= 4 is 62.1 Å². The van der Waals surface area contributed by atoms with Gasteiger partial charge in [0.2, 0.25) is 0 Å². The lowest BCUT2D eigenvalue weighted by Gasteiger charge is -2.15. The molecule has 10 heteroatoms. The molecule has 0 heterocycles. The number of carbonyl (C=O) groups is 1. The van der Waals surface area contributed by atoms with Gasteiger partial charge in [-0.15, -0.1) is 0 Å². The van der Waals surface area contributed by atoms with Crippen LogP contribution >= 0.6 is 34.8 Å². The number of amides is 1. The highest BCUT2D eigenvalue weighted by Gasteiger charge is 2.19. The minimum atomic E-state index is -4.00. The van der Waals surface area contributed by atoms with Crippen LogP contribution in [0.15, 0.2) is 65.6 Å². The summed E-state index contributed by atoms with van der Waals surface area (Å²) >= 11 is 17.8. The Morgan fingerprint density at radius 2 is 1.65 bits per heavy atom. The molecule has 0 saturated carbocycles. The lowest BCUT2D eigenvalue weighted by molar-refractivity contribution is 0.102. The van der Waals surface area contributed by atoms with Crippen LogP contribution in [0.1, 0.15) is 17.3 Å². The van der Waals surface area contributed by atoms with Crippen molar-refractivity contribution in [1.29, 1.82) is 0 Å². The number of carbonyl (C=O) groups excluding carboxylic acids is 1. The van der Waals surface area contributed by atoms with Crippen LogP contribution in [0, 0.1) is 0 Å². The average molecular weight is 500 g/mol. The van der Waals surface area contributed by atoms with Gasteiger partial charge in [-0.3, -0.25) is 9.52 Å². The Labute approximate surface area is 195 Å². The molecular formula is C21H17Cl3N2O4S. The Bertz CT molecular complexity index is 1210. The van der Waals surface area contributed by atoms with Gasteiger partial charge >= 0.3 is 0 Å². The van der Waals surface area contributed by atoms with E-state index < -0.39 is 15.9 Å². The number of hydrogen-bond donors (Lipinski definition) is 2. The highest BCUT2D eigenvalue weighted by Crippen LogP contribution is 2.30.